The minimum atomic E-state index is -0.108. The van der Waals surface area contributed by atoms with Gasteiger partial charge in [0, 0.05) is 39.8 Å². The van der Waals surface area contributed by atoms with Crippen LogP contribution in [0.25, 0.3) is 0 Å². The highest BCUT2D eigenvalue weighted by Gasteiger charge is 2.27. The van der Waals surface area contributed by atoms with Crippen LogP contribution in [0.2, 0.25) is 0 Å². The maximum absolute atomic E-state index is 11.8. The predicted molar refractivity (Wildman–Crippen MR) is 75.0 cm³/mol. The van der Waals surface area contributed by atoms with Gasteiger partial charge in [0.15, 0.2) is 0 Å². The van der Waals surface area contributed by atoms with Gasteiger partial charge < -0.3 is 20.2 Å². The molecule has 0 aromatic rings. The summed E-state index contributed by atoms with van der Waals surface area (Å²) in [6, 6.07) is 0.615. The van der Waals surface area contributed by atoms with E-state index in [2.05, 4.69) is 5.32 Å². The number of piperidine rings is 1. The number of hydrogen-bond acceptors (Lipinski definition) is 3. The topological polar surface area (TPSA) is 55.8 Å². The average molecular weight is 269 g/mol. The number of carbonyl (C=O) groups excluding carboxylic acids is 1. The van der Waals surface area contributed by atoms with Crippen LogP contribution in [0.3, 0.4) is 0 Å². The summed E-state index contributed by atoms with van der Waals surface area (Å²) in [5, 5.41) is 13.4. The van der Waals surface area contributed by atoms with Gasteiger partial charge in [-0.05, 0) is 31.6 Å². The Morgan fingerprint density at radius 1 is 1.26 bits per heavy atom. The van der Waals surface area contributed by atoms with E-state index in [1.807, 2.05) is 4.90 Å². The second kappa shape index (κ2) is 6.57. The third-order valence-electron chi connectivity index (χ3n) is 4.44. The molecule has 1 heterocycles. The van der Waals surface area contributed by atoms with E-state index in [4.69, 9.17) is 0 Å². The monoisotopic (exact) mass is 269 g/mol. The van der Waals surface area contributed by atoms with Gasteiger partial charge in [-0.15, -0.1) is 0 Å². The van der Waals surface area contributed by atoms with Gasteiger partial charge in [-0.1, -0.05) is 6.42 Å². The third kappa shape index (κ3) is 3.83. The molecule has 1 aliphatic carbocycles. The van der Waals surface area contributed by atoms with E-state index in [1.165, 1.54) is 0 Å². The summed E-state index contributed by atoms with van der Waals surface area (Å²) in [7, 11) is 3.60. The molecule has 0 spiro atoms. The smallest absolute Gasteiger partial charge is 0.319 e. The zero-order chi connectivity index (χ0) is 13.8. The molecule has 0 radical (unpaired) electrons. The molecule has 2 aliphatic rings. The highest BCUT2D eigenvalue weighted by molar-refractivity contribution is 5.73. The molecule has 2 amide bonds. The zero-order valence-corrected chi connectivity index (χ0v) is 12.1. The van der Waals surface area contributed by atoms with Crippen molar-refractivity contribution in [1.29, 1.82) is 0 Å². The second-order valence-corrected chi connectivity index (χ2v) is 6.10. The van der Waals surface area contributed by atoms with Crippen LogP contribution in [0.4, 0.5) is 4.79 Å². The Kier molecular flexibility index (Phi) is 5.05. The molecule has 0 aromatic heterocycles. The highest BCUT2D eigenvalue weighted by Crippen LogP contribution is 2.25. The number of nitrogens with zero attached hydrogens (tertiary/aromatic N) is 2. The molecule has 110 valence electrons. The molecule has 2 fully saturated rings. The van der Waals surface area contributed by atoms with Crippen LogP contribution < -0.4 is 5.32 Å². The fraction of sp³-hybridized carbons (Fsp3) is 0.929. The van der Waals surface area contributed by atoms with Crippen LogP contribution in [0, 0.1) is 5.92 Å². The van der Waals surface area contributed by atoms with Crippen LogP contribution in [-0.2, 0) is 0 Å². The fourth-order valence-corrected chi connectivity index (χ4v) is 3.13. The van der Waals surface area contributed by atoms with Crippen molar-refractivity contribution < 1.29 is 9.90 Å². The number of amides is 2. The molecule has 0 bridgehead atoms. The van der Waals surface area contributed by atoms with Gasteiger partial charge in [0.2, 0.25) is 0 Å². The van der Waals surface area contributed by atoms with Crippen LogP contribution >= 0.6 is 0 Å². The third-order valence-corrected chi connectivity index (χ3v) is 4.44. The lowest BCUT2D eigenvalue weighted by atomic mass is 10.0. The SMILES string of the molecule is CN(C)C(=O)N1CCC(NCC2CCCC2O)CC1. The van der Waals surface area contributed by atoms with E-state index >= 15 is 0 Å². The van der Waals surface area contributed by atoms with Crippen LogP contribution in [0.5, 0.6) is 0 Å². The maximum atomic E-state index is 11.8. The van der Waals surface area contributed by atoms with Gasteiger partial charge in [-0.3, -0.25) is 0 Å². The summed E-state index contributed by atoms with van der Waals surface area (Å²) in [6.45, 7) is 2.59. The Morgan fingerprint density at radius 2 is 1.95 bits per heavy atom. The molecule has 2 unspecified atom stereocenters. The molecule has 1 saturated carbocycles. The Bertz CT molecular complexity index is 301. The van der Waals surface area contributed by atoms with Gasteiger partial charge in [-0.2, -0.15) is 0 Å². The van der Waals surface area contributed by atoms with Gasteiger partial charge in [0.25, 0.3) is 0 Å². The summed E-state index contributed by atoms with van der Waals surface area (Å²) < 4.78 is 0. The van der Waals surface area contributed by atoms with Crippen LogP contribution in [-0.4, -0.2) is 66.8 Å². The zero-order valence-electron chi connectivity index (χ0n) is 12.1. The van der Waals surface area contributed by atoms with Crippen molar-refractivity contribution in [2.45, 2.75) is 44.2 Å². The van der Waals surface area contributed by atoms with Gasteiger partial charge in [-0.25, -0.2) is 4.79 Å². The quantitative estimate of drug-likeness (QED) is 0.800. The number of aliphatic hydroxyl groups excluding tert-OH is 1. The minimum absolute atomic E-state index is 0.108. The number of hydrogen-bond donors (Lipinski definition) is 2. The highest BCUT2D eigenvalue weighted by atomic mass is 16.3. The number of urea groups is 1. The number of aliphatic hydroxyl groups is 1. The van der Waals surface area contributed by atoms with E-state index < -0.39 is 0 Å². The normalized spacial score (nSPS) is 28.7. The molecular formula is C14H27N3O2. The summed E-state index contributed by atoms with van der Waals surface area (Å²) in [5.74, 6) is 0.432. The van der Waals surface area contributed by atoms with E-state index in [9.17, 15) is 9.90 Å². The van der Waals surface area contributed by atoms with Crippen LogP contribution in [0.15, 0.2) is 0 Å². The van der Waals surface area contributed by atoms with Gasteiger partial charge in [0.05, 0.1) is 6.10 Å². The van der Waals surface area contributed by atoms with E-state index in [-0.39, 0.29) is 12.1 Å². The molecule has 1 aliphatic heterocycles. The van der Waals surface area contributed by atoms with Crippen LogP contribution in [0.1, 0.15) is 32.1 Å². The molecular weight excluding hydrogens is 242 g/mol. The Balaban J connectivity index is 1.67. The van der Waals surface area contributed by atoms with Crippen molar-refractivity contribution in [3.05, 3.63) is 0 Å². The second-order valence-electron chi connectivity index (χ2n) is 6.10. The predicted octanol–water partition coefficient (Wildman–Crippen LogP) is 0.883. The van der Waals surface area contributed by atoms with E-state index in [1.54, 1.807) is 19.0 Å². The summed E-state index contributed by atoms with van der Waals surface area (Å²) in [5.41, 5.74) is 0. The van der Waals surface area contributed by atoms with E-state index in [0.29, 0.717) is 12.0 Å². The number of nitrogens with one attached hydrogen (secondary N) is 1. The first kappa shape index (κ1) is 14.6. The Labute approximate surface area is 115 Å². The summed E-state index contributed by atoms with van der Waals surface area (Å²) >= 11 is 0. The molecule has 2 atom stereocenters. The molecule has 5 heteroatoms. The summed E-state index contributed by atoms with van der Waals surface area (Å²) in [6.07, 6.45) is 5.19. The largest absolute Gasteiger partial charge is 0.393 e. The number of carbonyl (C=O) groups is 1. The van der Waals surface area contributed by atoms with Crippen molar-refractivity contribution in [2.24, 2.45) is 5.92 Å². The molecule has 2 rings (SSSR count). The molecule has 19 heavy (non-hydrogen) atoms. The first-order valence-electron chi connectivity index (χ1n) is 7.45. The lowest BCUT2D eigenvalue weighted by Gasteiger charge is -2.34. The maximum Gasteiger partial charge on any atom is 0.319 e. The number of rotatable bonds is 3. The van der Waals surface area contributed by atoms with E-state index in [0.717, 1.165) is 51.7 Å². The van der Waals surface area contributed by atoms with Gasteiger partial charge in [0.1, 0.15) is 0 Å². The lowest BCUT2D eigenvalue weighted by Crippen LogP contribution is -2.48. The van der Waals surface area contributed by atoms with Crippen molar-refractivity contribution in [2.75, 3.05) is 33.7 Å². The Morgan fingerprint density at radius 3 is 2.47 bits per heavy atom. The summed E-state index contributed by atoms with van der Waals surface area (Å²) in [4.78, 5) is 15.4. The van der Waals surface area contributed by atoms with Gasteiger partial charge >= 0.3 is 6.03 Å². The van der Waals surface area contributed by atoms with Crippen molar-refractivity contribution in [1.82, 2.24) is 15.1 Å². The molecule has 2 N–H and O–H groups in total. The first-order chi connectivity index (χ1) is 9.08. The van der Waals surface area contributed by atoms with Crippen molar-refractivity contribution >= 4 is 6.03 Å². The average Bonchev–Trinajstić information content (AvgIpc) is 2.81. The molecule has 1 saturated heterocycles. The molecule has 0 aromatic carbocycles. The molecule has 5 nitrogen and oxygen atoms in total. The number of likely N-dealkylation sites (tertiary alicyclic amines) is 1. The Hall–Kier alpha value is -0.810. The first-order valence-corrected chi connectivity index (χ1v) is 7.45. The minimum Gasteiger partial charge on any atom is -0.393 e. The lowest BCUT2D eigenvalue weighted by molar-refractivity contribution is 0.124. The fourth-order valence-electron chi connectivity index (χ4n) is 3.13. The standard InChI is InChI=1S/C14H27N3O2/c1-16(2)14(19)17-8-6-12(7-9-17)15-10-11-4-3-5-13(11)18/h11-13,15,18H,3-10H2,1-2H3. The van der Waals surface area contributed by atoms with Crippen molar-refractivity contribution in [3.8, 4) is 0 Å². The van der Waals surface area contributed by atoms with Crippen molar-refractivity contribution in [3.63, 3.8) is 0 Å².